The van der Waals surface area contributed by atoms with Crippen molar-refractivity contribution in [2.45, 2.75) is 0 Å². The first kappa shape index (κ1) is 11.2. The molecule has 2 rings (SSSR count). The highest BCUT2D eigenvalue weighted by atomic mass is 16.5. The van der Waals surface area contributed by atoms with E-state index in [-0.39, 0.29) is 0 Å². The van der Waals surface area contributed by atoms with E-state index in [0.29, 0.717) is 0 Å². The van der Waals surface area contributed by atoms with Crippen molar-refractivity contribution < 1.29 is 9.53 Å². The number of benzene rings is 2. The number of ether oxygens (including phenoxy) is 1. The molecule has 0 atom stereocenters. The van der Waals surface area contributed by atoms with Crippen molar-refractivity contribution in [2.24, 2.45) is 0 Å². The Hall–Kier alpha value is -2.29. The van der Waals surface area contributed by atoms with Crippen LogP contribution in [0.25, 0.3) is 11.1 Å². The molecule has 3 nitrogen and oxygen atoms in total. The lowest BCUT2D eigenvalue weighted by Crippen LogP contribution is -2.10. The van der Waals surface area contributed by atoms with Gasteiger partial charge in [-0.25, -0.2) is 4.79 Å². The summed E-state index contributed by atoms with van der Waals surface area (Å²) in [5.41, 5.74) is 2.89. The van der Waals surface area contributed by atoms with Crippen LogP contribution >= 0.6 is 0 Å². The van der Waals surface area contributed by atoms with Crippen LogP contribution in [0.3, 0.4) is 0 Å². The van der Waals surface area contributed by atoms with E-state index in [2.05, 4.69) is 10.1 Å². The number of amides is 1. The molecule has 0 radical (unpaired) electrons. The van der Waals surface area contributed by atoms with Crippen molar-refractivity contribution in [2.75, 3.05) is 12.4 Å². The molecule has 3 heteroatoms. The second-order valence-electron chi connectivity index (χ2n) is 3.56. The topological polar surface area (TPSA) is 38.3 Å². The average Bonchev–Trinajstić information content (AvgIpc) is 2.40. The van der Waals surface area contributed by atoms with E-state index in [1.165, 1.54) is 7.11 Å². The lowest BCUT2D eigenvalue weighted by molar-refractivity contribution is 0.187. The molecule has 0 aromatic heterocycles. The molecule has 0 saturated heterocycles. The van der Waals surface area contributed by atoms with Crippen LogP contribution in [0, 0.1) is 0 Å². The highest BCUT2D eigenvalue weighted by Crippen LogP contribution is 2.22. The van der Waals surface area contributed by atoms with Gasteiger partial charge in [-0.2, -0.15) is 0 Å². The Morgan fingerprint density at radius 2 is 1.71 bits per heavy atom. The summed E-state index contributed by atoms with van der Waals surface area (Å²) in [6.07, 6.45) is -0.463. The highest BCUT2D eigenvalue weighted by Gasteiger charge is 2.02. The maximum absolute atomic E-state index is 11.1. The number of anilines is 1. The highest BCUT2D eigenvalue weighted by molar-refractivity contribution is 5.85. The Labute approximate surface area is 100 Å². The molecule has 0 aliphatic heterocycles. The zero-order valence-electron chi connectivity index (χ0n) is 9.51. The maximum atomic E-state index is 11.1. The van der Waals surface area contributed by atoms with Crippen LogP contribution in [-0.4, -0.2) is 13.2 Å². The molecule has 0 fully saturated rings. The quantitative estimate of drug-likeness (QED) is 0.852. The second-order valence-corrected chi connectivity index (χ2v) is 3.56. The Balaban J connectivity index is 2.26. The average molecular weight is 227 g/mol. The van der Waals surface area contributed by atoms with Gasteiger partial charge in [0.25, 0.3) is 0 Å². The van der Waals surface area contributed by atoms with E-state index in [4.69, 9.17) is 0 Å². The van der Waals surface area contributed by atoms with Gasteiger partial charge in [-0.1, -0.05) is 42.5 Å². The number of nitrogens with one attached hydrogen (secondary N) is 1. The predicted octanol–water partition coefficient (Wildman–Crippen LogP) is 3.53. The Morgan fingerprint density at radius 1 is 1.00 bits per heavy atom. The molecule has 0 unspecified atom stereocenters. The summed E-state index contributed by atoms with van der Waals surface area (Å²) in [7, 11) is 1.34. The first-order valence-corrected chi connectivity index (χ1v) is 5.30. The van der Waals surface area contributed by atoms with Crippen molar-refractivity contribution in [3.05, 3.63) is 54.6 Å². The van der Waals surface area contributed by atoms with E-state index in [1.54, 1.807) is 0 Å². The fourth-order valence-electron chi connectivity index (χ4n) is 1.58. The van der Waals surface area contributed by atoms with Gasteiger partial charge in [-0.05, 0) is 23.3 Å². The fraction of sp³-hybridized carbons (Fsp3) is 0.0714. The third-order valence-electron chi connectivity index (χ3n) is 2.40. The molecule has 0 heterocycles. The smallest absolute Gasteiger partial charge is 0.411 e. The Kier molecular flexibility index (Phi) is 3.40. The Morgan fingerprint density at radius 3 is 2.41 bits per heavy atom. The van der Waals surface area contributed by atoms with Crippen LogP contribution in [-0.2, 0) is 4.74 Å². The summed E-state index contributed by atoms with van der Waals surface area (Å²) in [4.78, 5) is 11.1. The molecule has 1 N–H and O–H groups in total. The van der Waals surface area contributed by atoms with E-state index in [0.717, 1.165) is 16.8 Å². The van der Waals surface area contributed by atoms with Gasteiger partial charge < -0.3 is 4.74 Å². The van der Waals surface area contributed by atoms with E-state index in [1.807, 2.05) is 54.6 Å². The van der Waals surface area contributed by atoms with Gasteiger partial charge in [0.2, 0.25) is 0 Å². The van der Waals surface area contributed by atoms with Crippen LogP contribution in [0.2, 0.25) is 0 Å². The summed E-state index contributed by atoms with van der Waals surface area (Å²) in [5.74, 6) is 0. The van der Waals surface area contributed by atoms with Gasteiger partial charge in [-0.3, -0.25) is 5.32 Å². The van der Waals surface area contributed by atoms with E-state index in [9.17, 15) is 4.79 Å². The van der Waals surface area contributed by atoms with Gasteiger partial charge >= 0.3 is 6.09 Å². The van der Waals surface area contributed by atoms with Crippen molar-refractivity contribution in [3.63, 3.8) is 0 Å². The van der Waals surface area contributed by atoms with Gasteiger partial charge in [0.1, 0.15) is 0 Å². The summed E-state index contributed by atoms with van der Waals surface area (Å²) in [5, 5.41) is 2.64. The molecule has 1 amide bonds. The second kappa shape index (κ2) is 5.16. The summed E-state index contributed by atoms with van der Waals surface area (Å²) >= 11 is 0. The first-order chi connectivity index (χ1) is 8.29. The molecular formula is C14H13NO2. The number of rotatable bonds is 2. The minimum atomic E-state index is -0.463. The van der Waals surface area contributed by atoms with Crippen LogP contribution < -0.4 is 5.32 Å². The van der Waals surface area contributed by atoms with Crippen LogP contribution in [0.1, 0.15) is 0 Å². The number of carbonyl (C=O) groups is 1. The largest absolute Gasteiger partial charge is 0.453 e. The molecule has 86 valence electrons. The zero-order chi connectivity index (χ0) is 12.1. The molecule has 0 aliphatic carbocycles. The molecule has 0 saturated carbocycles. The predicted molar refractivity (Wildman–Crippen MR) is 67.9 cm³/mol. The maximum Gasteiger partial charge on any atom is 0.411 e. The molecule has 0 spiro atoms. The molecule has 0 aliphatic rings. The fourth-order valence-corrected chi connectivity index (χ4v) is 1.58. The lowest BCUT2D eigenvalue weighted by Gasteiger charge is -2.06. The zero-order valence-corrected chi connectivity index (χ0v) is 9.51. The van der Waals surface area contributed by atoms with Gasteiger partial charge in [-0.15, -0.1) is 0 Å². The van der Waals surface area contributed by atoms with Gasteiger partial charge in [0, 0.05) is 5.69 Å². The Bertz CT molecular complexity index is 509. The summed E-state index contributed by atoms with van der Waals surface area (Å²) in [6, 6.07) is 17.6. The number of methoxy groups -OCH3 is 1. The van der Waals surface area contributed by atoms with Crippen molar-refractivity contribution in [1.29, 1.82) is 0 Å². The van der Waals surface area contributed by atoms with Crippen LogP contribution in [0.4, 0.5) is 10.5 Å². The van der Waals surface area contributed by atoms with E-state index >= 15 is 0 Å². The van der Waals surface area contributed by atoms with Crippen LogP contribution in [0.15, 0.2) is 54.6 Å². The molecule has 2 aromatic carbocycles. The monoisotopic (exact) mass is 227 g/mol. The minimum absolute atomic E-state index is 0.463. The number of hydrogen-bond acceptors (Lipinski definition) is 2. The van der Waals surface area contributed by atoms with Gasteiger partial charge in [0.15, 0.2) is 0 Å². The van der Waals surface area contributed by atoms with Crippen LogP contribution in [0.5, 0.6) is 0 Å². The summed E-state index contributed by atoms with van der Waals surface area (Å²) < 4.78 is 4.55. The molecule has 2 aromatic rings. The standard InChI is InChI=1S/C14H13NO2/c1-17-14(16)15-13-9-5-8-12(10-13)11-6-3-2-4-7-11/h2-10H,1H3,(H,15,16). The summed E-state index contributed by atoms with van der Waals surface area (Å²) in [6.45, 7) is 0. The molecule has 0 bridgehead atoms. The molecular weight excluding hydrogens is 214 g/mol. The van der Waals surface area contributed by atoms with Crippen molar-refractivity contribution in [3.8, 4) is 11.1 Å². The van der Waals surface area contributed by atoms with Crippen molar-refractivity contribution in [1.82, 2.24) is 0 Å². The van der Waals surface area contributed by atoms with Gasteiger partial charge in [0.05, 0.1) is 7.11 Å². The minimum Gasteiger partial charge on any atom is -0.453 e. The SMILES string of the molecule is COC(=O)Nc1cccc(-c2ccccc2)c1. The normalized spacial score (nSPS) is 9.71. The van der Waals surface area contributed by atoms with E-state index < -0.39 is 6.09 Å². The number of hydrogen-bond donors (Lipinski definition) is 1. The third-order valence-corrected chi connectivity index (χ3v) is 2.40. The molecule has 17 heavy (non-hydrogen) atoms. The number of carbonyl (C=O) groups excluding carboxylic acids is 1. The lowest BCUT2D eigenvalue weighted by atomic mass is 10.1. The van der Waals surface area contributed by atoms with Crippen molar-refractivity contribution >= 4 is 11.8 Å². The third kappa shape index (κ3) is 2.84. The first-order valence-electron chi connectivity index (χ1n) is 5.30.